The molecule has 0 amide bonds. The smallest absolute Gasteiger partial charge is 0.122 e. The Bertz CT molecular complexity index is 806. The van der Waals surface area contributed by atoms with Crippen molar-refractivity contribution >= 4 is 10.9 Å². The van der Waals surface area contributed by atoms with Gasteiger partial charge in [-0.25, -0.2) is 0 Å². The van der Waals surface area contributed by atoms with E-state index in [1.165, 1.54) is 16.5 Å². The minimum Gasteiger partial charge on any atom is -0.496 e. The second-order valence-corrected chi connectivity index (χ2v) is 6.54. The number of hydrogen-bond donors (Lipinski definition) is 0. The highest BCUT2D eigenvalue weighted by atomic mass is 16.5. The Morgan fingerprint density at radius 3 is 2.58 bits per heavy atom. The quantitative estimate of drug-likeness (QED) is 0.588. The maximum atomic E-state index is 5.53. The maximum Gasteiger partial charge on any atom is 0.122 e. The van der Waals surface area contributed by atoms with Crippen molar-refractivity contribution in [2.75, 3.05) is 7.11 Å². The highest BCUT2D eigenvalue weighted by Crippen LogP contribution is 2.33. The van der Waals surface area contributed by atoms with Crippen LogP contribution < -0.4 is 4.74 Å². The number of rotatable bonds is 6. The number of fused-ring (bicyclic) bond motifs is 1. The van der Waals surface area contributed by atoms with E-state index in [1.54, 1.807) is 7.11 Å². The van der Waals surface area contributed by atoms with E-state index in [2.05, 4.69) is 55.2 Å². The molecule has 0 bridgehead atoms. The van der Waals surface area contributed by atoms with E-state index < -0.39 is 0 Å². The molecule has 2 nitrogen and oxygen atoms in total. The van der Waals surface area contributed by atoms with Crippen LogP contribution in [0.5, 0.6) is 5.75 Å². The molecule has 2 unspecified atom stereocenters. The van der Waals surface area contributed by atoms with Gasteiger partial charge in [-0.15, -0.1) is 0 Å². The summed E-state index contributed by atoms with van der Waals surface area (Å²) in [6.45, 7) is 4.62. The lowest BCUT2D eigenvalue weighted by molar-refractivity contribution is 0.389. The molecule has 0 aliphatic heterocycles. The average Bonchev–Trinajstić information content (AvgIpc) is 2.65. The van der Waals surface area contributed by atoms with Crippen LogP contribution in [0.1, 0.15) is 37.3 Å². The number of para-hydroxylation sites is 2. The molecular formula is C22H25NO. The maximum absolute atomic E-state index is 5.53. The fraction of sp³-hybridized carbons (Fsp3) is 0.318. The normalized spacial score (nSPS) is 13.6. The van der Waals surface area contributed by atoms with Gasteiger partial charge in [0.05, 0.1) is 12.6 Å². The molecule has 0 N–H and O–H groups in total. The van der Waals surface area contributed by atoms with Crippen LogP contribution in [-0.4, -0.2) is 12.1 Å². The van der Waals surface area contributed by atoms with Crippen molar-refractivity contribution in [1.82, 2.24) is 4.98 Å². The molecule has 2 heteroatoms. The number of methoxy groups -OCH3 is 1. The summed E-state index contributed by atoms with van der Waals surface area (Å²) in [4.78, 5) is 4.57. The third kappa shape index (κ3) is 3.43. The number of nitrogens with zero attached hydrogens (tertiary/aromatic N) is 1. The number of benzene rings is 2. The molecular weight excluding hydrogens is 294 g/mol. The molecule has 24 heavy (non-hydrogen) atoms. The second kappa shape index (κ2) is 7.48. The third-order valence-electron chi connectivity index (χ3n) is 5.07. The lowest BCUT2D eigenvalue weighted by Crippen LogP contribution is -2.09. The molecule has 0 saturated carbocycles. The number of hydrogen-bond acceptors (Lipinski definition) is 2. The van der Waals surface area contributed by atoms with Crippen molar-refractivity contribution in [3.8, 4) is 5.75 Å². The zero-order valence-electron chi connectivity index (χ0n) is 14.7. The number of pyridine rings is 1. The molecule has 0 radical (unpaired) electrons. The molecule has 3 rings (SSSR count). The molecule has 0 aliphatic carbocycles. The largest absolute Gasteiger partial charge is 0.496 e. The first-order valence-corrected chi connectivity index (χ1v) is 8.66. The topological polar surface area (TPSA) is 22.1 Å². The van der Waals surface area contributed by atoms with Gasteiger partial charge in [0.15, 0.2) is 0 Å². The summed E-state index contributed by atoms with van der Waals surface area (Å²) in [6.07, 6.45) is 4.07. The Labute approximate surface area is 144 Å². The van der Waals surface area contributed by atoms with Crippen LogP contribution in [-0.2, 0) is 6.42 Å². The monoisotopic (exact) mass is 319 g/mol. The molecule has 0 fully saturated rings. The summed E-state index contributed by atoms with van der Waals surface area (Å²) < 4.78 is 5.53. The van der Waals surface area contributed by atoms with Gasteiger partial charge in [-0.05, 0) is 47.9 Å². The standard InChI is InChI=1S/C22H25NO/c1-16(17(2)20-11-4-5-12-21(20)24-3)13-14-19-9-6-8-18-10-7-15-23-22(18)19/h4-12,15-17H,13-14H2,1-3H3. The zero-order valence-corrected chi connectivity index (χ0v) is 14.7. The van der Waals surface area contributed by atoms with E-state index in [0.717, 1.165) is 24.1 Å². The van der Waals surface area contributed by atoms with Gasteiger partial charge in [-0.3, -0.25) is 4.98 Å². The first-order chi connectivity index (χ1) is 11.7. The van der Waals surface area contributed by atoms with E-state index in [9.17, 15) is 0 Å². The van der Waals surface area contributed by atoms with E-state index in [1.807, 2.05) is 24.4 Å². The van der Waals surface area contributed by atoms with Gasteiger partial charge in [-0.1, -0.05) is 56.3 Å². The Morgan fingerprint density at radius 2 is 1.75 bits per heavy atom. The predicted octanol–water partition coefficient (Wildman–Crippen LogP) is 5.62. The van der Waals surface area contributed by atoms with Gasteiger partial charge < -0.3 is 4.74 Å². The highest BCUT2D eigenvalue weighted by Gasteiger charge is 2.18. The van der Waals surface area contributed by atoms with E-state index in [4.69, 9.17) is 4.74 Å². The Morgan fingerprint density at radius 1 is 0.958 bits per heavy atom. The van der Waals surface area contributed by atoms with Crippen LogP contribution in [0.3, 0.4) is 0 Å². The van der Waals surface area contributed by atoms with Crippen LogP contribution >= 0.6 is 0 Å². The summed E-state index contributed by atoms with van der Waals surface area (Å²) in [5.41, 5.74) is 3.77. The third-order valence-corrected chi connectivity index (χ3v) is 5.07. The van der Waals surface area contributed by atoms with Crippen LogP contribution in [0.4, 0.5) is 0 Å². The summed E-state index contributed by atoms with van der Waals surface area (Å²) in [7, 11) is 1.75. The van der Waals surface area contributed by atoms with Crippen molar-refractivity contribution in [2.24, 2.45) is 5.92 Å². The van der Waals surface area contributed by atoms with Gasteiger partial charge in [-0.2, -0.15) is 0 Å². The Kier molecular flexibility index (Phi) is 5.14. The first kappa shape index (κ1) is 16.5. The number of aryl methyl sites for hydroxylation is 1. The number of aromatic nitrogens is 1. The van der Waals surface area contributed by atoms with E-state index >= 15 is 0 Å². The summed E-state index contributed by atoms with van der Waals surface area (Å²) in [5, 5.41) is 1.22. The lowest BCUT2D eigenvalue weighted by atomic mass is 9.84. The molecule has 2 atom stereocenters. The van der Waals surface area contributed by atoms with E-state index in [-0.39, 0.29) is 0 Å². The van der Waals surface area contributed by atoms with Gasteiger partial charge >= 0.3 is 0 Å². The van der Waals surface area contributed by atoms with Gasteiger partial charge in [0, 0.05) is 11.6 Å². The Balaban J connectivity index is 1.74. The molecule has 1 aromatic heterocycles. The molecule has 1 heterocycles. The van der Waals surface area contributed by atoms with Gasteiger partial charge in [0.1, 0.15) is 5.75 Å². The zero-order chi connectivity index (χ0) is 16.9. The second-order valence-electron chi connectivity index (χ2n) is 6.54. The van der Waals surface area contributed by atoms with Crippen molar-refractivity contribution in [3.63, 3.8) is 0 Å². The number of ether oxygens (including phenoxy) is 1. The Hall–Kier alpha value is -2.35. The summed E-state index contributed by atoms with van der Waals surface area (Å²) in [5.74, 6) is 2.02. The minimum absolute atomic E-state index is 0.462. The van der Waals surface area contributed by atoms with Crippen LogP contribution in [0, 0.1) is 5.92 Å². The first-order valence-electron chi connectivity index (χ1n) is 8.66. The molecule has 0 saturated heterocycles. The molecule has 124 valence electrons. The van der Waals surface area contributed by atoms with Crippen molar-refractivity contribution < 1.29 is 4.74 Å². The molecule has 2 aromatic carbocycles. The molecule has 3 aromatic rings. The molecule has 0 aliphatic rings. The van der Waals surface area contributed by atoms with Crippen LogP contribution in [0.15, 0.2) is 60.8 Å². The van der Waals surface area contributed by atoms with Crippen molar-refractivity contribution in [1.29, 1.82) is 0 Å². The average molecular weight is 319 g/mol. The van der Waals surface area contributed by atoms with Gasteiger partial charge in [0.25, 0.3) is 0 Å². The van der Waals surface area contributed by atoms with Crippen LogP contribution in [0.25, 0.3) is 10.9 Å². The van der Waals surface area contributed by atoms with Gasteiger partial charge in [0.2, 0.25) is 0 Å². The SMILES string of the molecule is COc1ccccc1C(C)C(C)CCc1cccc2cccnc12. The lowest BCUT2D eigenvalue weighted by Gasteiger charge is -2.22. The molecule has 0 spiro atoms. The summed E-state index contributed by atoms with van der Waals surface area (Å²) in [6, 6.07) is 18.9. The van der Waals surface area contributed by atoms with Crippen LogP contribution in [0.2, 0.25) is 0 Å². The predicted molar refractivity (Wildman–Crippen MR) is 101 cm³/mol. The van der Waals surface area contributed by atoms with Crippen molar-refractivity contribution in [3.05, 3.63) is 71.9 Å². The minimum atomic E-state index is 0.462. The van der Waals surface area contributed by atoms with E-state index in [0.29, 0.717) is 11.8 Å². The fourth-order valence-electron chi connectivity index (χ4n) is 3.35. The fourth-order valence-corrected chi connectivity index (χ4v) is 3.35. The summed E-state index contributed by atoms with van der Waals surface area (Å²) >= 11 is 0. The van der Waals surface area contributed by atoms with Crippen molar-refractivity contribution in [2.45, 2.75) is 32.6 Å². The highest BCUT2D eigenvalue weighted by molar-refractivity contribution is 5.81.